The summed E-state index contributed by atoms with van der Waals surface area (Å²) in [6, 6.07) is 0. The Morgan fingerprint density at radius 3 is 0.864 bits per heavy atom. The van der Waals surface area contributed by atoms with Crippen LogP contribution in [0.25, 0.3) is 0 Å². The summed E-state index contributed by atoms with van der Waals surface area (Å²) in [4.78, 5) is 72.3. The number of hydrogen-bond donors (Lipinski definition) is 3. The summed E-state index contributed by atoms with van der Waals surface area (Å²) in [7, 11) is -9.89. The van der Waals surface area contributed by atoms with Crippen LogP contribution in [0.1, 0.15) is 350 Å². The van der Waals surface area contributed by atoms with Crippen LogP contribution in [-0.2, 0) is 65.4 Å². The average Bonchev–Trinajstić information content (AvgIpc) is 3.62. The maximum absolute atomic E-state index is 13.0. The van der Waals surface area contributed by atoms with Crippen LogP contribution in [0.15, 0.2) is 0 Å². The summed E-state index contributed by atoms with van der Waals surface area (Å²) in [6.45, 7) is 9.40. The Labute approximate surface area is 537 Å². The molecule has 0 saturated carbocycles. The van der Waals surface area contributed by atoms with E-state index in [2.05, 4.69) is 41.5 Å². The highest BCUT2D eigenvalue weighted by Crippen LogP contribution is 2.45. The molecule has 17 nitrogen and oxygen atoms in total. The highest BCUT2D eigenvalue weighted by Gasteiger charge is 2.30. The molecular formula is C69H134O17P2. The van der Waals surface area contributed by atoms with Gasteiger partial charge >= 0.3 is 39.5 Å². The fourth-order valence-corrected chi connectivity index (χ4v) is 12.0. The van der Waals surface area contributed by atoms with E-state index in [9.17, 15) is 43.2 Å². The second kappa shape index (κ2) is 61.3. The fraction of sp³-hybridized carbons (Fsp3) is 0.942. The summed E-state index contributed by atoms with van der Waals surface area (Å²) in [5.74, 6) is -0.689. The van der Waals surface area contributed by atoms with Gasteiger partial charge in [0.05, 0.1) is 26.4 Å². The van der Waals surface area contributed by atoms with Crippen LogP contribution in [0.3, 0.4) is 0 Å². The van der Waals surface area contributed by atoms with Crippen LogP contribution >= 0.6 is 15.6 Å². The third-order valence-corrected chi connectivity index (χ3v) is 18.2. The first-order valence-corrected chi connectivity index (χ1v) is 39.0. The number of unbranched alkanes of at least 4 members (excludes halogenated alkanes) is 37. The van der Waals surface area contributed by atoms with Crippen molar-refractivity contribution in [2.45, 2.75) is 368 Å². The molecule has 0 aliphatic rings. The number of aliphatic hydroxyl groups excluding tert-OH is 1. The van der Waals surface area contributed by atoms with E-state index in [0.29, 0.717) is 31.6 Å². The Hall–Kier alpha value is -1.94. The molecule has 0 aromatic rings. The molecule has 0 saturated heterocycles. The molecule has 0 aliphatic carbocycles. The Bertz CT molecular complexity index is 1720. The van der Waals surface area contributed by atoms with Gasteiger partial charge in [0.1, 0.15) is 19.3 Å². The number of carbonyl (C=O) groups is 4. The third kappa shape index (κ3) is 61.6. The van der Waals surface area contributed by atoms with Crippen molar-refractivity contribution in [2.24, 2.45) is 11.8 Å². The van der Waals surface area contributed by atoms with E-state index < -0.39 is 97.5 Å². The van der Waals surface area contributed by atoms with Gasteiger partial charge < -0.3 is 33.8 Å². The van der Waals surface area contributed by atoms with E-state index in [0.717, 1.165) is 109 Å². The van der Waals surface area contributed by atoms with Crippen molar-refractivity contribution in [3.05, 3.63) is 0 Å². The number of carbonyl (C=O) groups excluding carboxylic acids is 4. The van der Waals surface area contributed by atoms with Crippen LogP contribution in [0, 0.1) is 11.8 Å². The maximum Gasteiger partial charge on any atom is 0.472 e. The van der Waals surface area contributed by atoms with Crippen LogP contribution in [0.2, 0.25) is 0 Å². The zero-order chi connectivity index (χ0) is 65.0. The van der Waals surface area contributed by atoms with Gasteiger partial charge in [0.25, 0.3) is 0 Å². The van der Waals surface area contributed by atoms with Crippen LogP contribution in [0.5, 0.6) is 0 Å². The largest absolute Gasteiger partial charge is 0.472 e. The lowest BCUT2D eigenvalue weighted by molar-refractivity contribution is -0.161. The highest BCUT2D eigenvalue weighted by atomic mass is 31.2. The minimum Gasteiger partial charge on any atom is -0.462 e. The molecule has 522 valence electrons. The van der Waals surface area contributed by atoms with Crippen LogP contribution < -0.4 is 0 Å². The summed E-state index contributed by atoms with van der Waals surface area (Å²) in [5.41, 5.74) is 0. The molecule has 0 aromatic heterocycles. The van der Waals surface area contributed by atoms with Crippen molar-refractivity contribution in [2.75, 3.05) is 39.6 Å². The van der Waals surface area contributed by atoms with Gasteiger partial charge in [0.2, 0.25) is 0 Å². The molecule has 0 spiro atoms. The number of rotatable bonds is 68. The number of aliphatic hydroxyl groups is 1. The topological polar surface area (TPSA) is 237 Å². The van der Waals surface area contributed by atoms with E-state index >= 15 is 0 Å². The Morgan fingerprint density at radius 1 is 0.330 bits per heavy atom. The highest BCUT2D eigenvalue weighted by molar-refractivity contribution is 7.47. The molecule has 0 fully saturated rings. The quantitative estimate of drug-likeness (QED) is 0.0222. The average molecular weight is 1300 g/mol. The van der Waals surface area contributed by atoms with Gasteiger partial charge in [-0.2, -0.15) is 0 Å². The Morgan fingerprint density at radius 2 is 0.580 bits per heavy atom. The molecule has 0 aliphatic heterocycles. The maximum atomic E-state index is 13.0. The number of hydrogen-bond acceptors (Lipinski definition) is 15. The van der Waals surface area contributed by atoms with Gasteiger partial charge in [-0.1, -0.05) is 298 Å². The van der Waals surface area contributed by atoms with Crippen molar-refractivity contribution >= 4 is 39.5 Å². The van der Waals surface area contributed by atoms with Crippen LogP contribution in [-0.4, -0.2) is 96.7 Å². The zero-order valence-electron chi connectivity index (χ0n) is 57.0. The summed E-state index contributed by atoms with van der Waals surface area (Å²) >= 11 is 0. The minimum absolute atomic E-state index is 0.102. The van der Waals surface area contributed by atoms with E-state index in [-0.39, 0.29) is 25.7 Å². The second-order valence-corrected chi connectivity index (χ2v) is 28.5. The van der Waals surface area contributed by atoms with Gasteiger partial charge in [-0.15, -0.1) is 0 Å². The normalized spacial score (nSPS) is 14.5. The van der Waals surface area contributed by atoms with E-state index in [4.69, 9.17) is 37.0 Å². The van der Waals surface area contributed by atoms with E-state index in [1.807, 2.05) is 0 Å². The van der Waals surface area contributed by atoms with Crippen molar-refractivity contribution in [3.8, 4) is 0 Å². The SMILES string of the molecule is CCCCCCCCCCCCCCCCCCCCCCC(=O)O[C@H](COC(=O)CCCCCCCCCCC(C)CC)COP(=O)(O)OC[C@@H](O)COP(=O)(O)OC[C@@H](COC(=O)CCCCCCCCC)OC(=O)CCCCCCCCC(C)C. The second-order valence-electron chi connectivity index (χ2n) is 25.6. The van der Waals surface area contributed by atoms with Crippen molar-refractivity contribution < 1.29 is 80.2 Å². The molecule has 0 aromatic carbocycles. The molecule has 0 heterocycles. The first-order valence-electron chi connectivity index (χ1n) is 36.0. The molecule has 19 heteroatoms. The standard InChI is InChI=1S/C69H134O17P2/c1-7-10-12-14-16-17-18-19-20-21-22-23-24-25-26-27-28-34-41-47-53-68(73)85-64(58-80-67(72)52-46-40-33-30-29-32-38-44-50-62(6)9-3)59-83-87(75,76)81-55-63(70)56-82-88(77,78)84-60-65(57-79-66(71)51-45-39-31-15-13-11-8-2)86-69(74)54-48-42-36-35-37-43-49-61(4)5/h61-65,70H,7-60H2,1-6H3,(H,75,76)(H,77,78)/t62?,63-,64-,65-/m1/s1. The fourth-order valence-electron chi connectivity index (χ4n) is 10.4. The first-order chi connectivity index (χ1) is 42.4. The third-order valence-electron chi connectivity index (χ3n) is 16.3. The Balaban J connectivity index is 5.15. The molecule has 88 heavy (non-hydrogen) atoms. The van der Waals surface area contributed by atoms with Crippen molar-refractivity contribution in [1.29, 1.82) is 0 Å². The monoisotopic (exact) mass is 1300 g/mol. The van der Waals surface area contributed by atoms with Crippen LogP contribution in [0.4, 0.5) is 0 Å². The van der Waals surface area contributed by atoms with Crippen molar-refractivity contribution in [1.82, 2.24) is 0 Å². The number of ether oxygens (including phenoxy) is 4. The number of esters is 4. The predicted molar refractivity (Wildman–Crippen MR) is 354 cm³/mol. The molecular weight excluding hydrogens is 1160 g/mol. The van der Waals surface area contributed by atoms with E-state index in [1.165, 1.54) is 154 Å². The van der Waals surface area contributed by atoms with Gasteiger partial charge in [0.15, 0.2) is 12.2 Å². The zero-order valence-corrected chi connectivity index (χ0v) is 58.8. The summed E-state index contributed by atoms with van der Waals surface area (Å²) < 4.78 is 68.1. The van der Waals surface area contributed by atoms with Crippen molar-refractivity contribution in [3.63, 3.8) is 0 Å². The molecule has 3 unspecified atom stereocenters. The number of phosphoric acid groups is 2. The molecule has 0 rings (SSSR count). The first kappa shape index (κ1) is 86.1. The number of phosphoric ester groups is 2. The van der Waals surface area contributed by atoms with Gasteiger partial charge in [-0.3, -0.25) is 37.3 Å². The lowest BCUT2D eigenvalue weighted by Gasteiger charge is -2.21. The van der Waals surface area contributed by atoms with E-state index in [1.54, 1.807) is 0 Å². The lowest BCUT2D eigenvalue weighted by atomic mass is 9.99. The van der Waals surface area contributed by atoms with Gasteiger partial charge in [-0.05, 0) is 37.5 Å². The molecule has 0 bridgehead atoms. The summed E-state index contributed by atoms with van der Waals surface area (Å²) in [5, 5.41) is 10.6. The Kier molecular flexibility index (Phi) is 59.9. The van der Waals surface area contributed by atoms with Gasteiger partial charge in [0, 0.05) is 25.7 Å². The molecule has 6 atom stereocenters. The lowest BCUT2D eigenvalue weighted by Crippen LogP contribution is -2.30. The predicted octanol–water partition coefficient (Wildman–Crippen LogP) is 19.6. The minimum atomic E-state index is -4.95. The smallest absolute Gasteiger partial charge is 0.462 e. The molecule has 0 amide bonds. The summed E-state index contributed by atoms with van der Waals surface area (Å²) in [6.07, 6.45) is 46.3. The van der Waals surface area contributed by atoms with Gasteiger partial charge in [-0.25, -0.2) is 9.13 Å². The molecule has 3 N–H and O–H groups in total. The molecule has 0 radical (unpaired) electrons.